The van der Waals surface area contributed by atoms with Crippen molar-refractivity contribution in [2.75, 3.05) is 33.5 Å². The highest BCUT2D eigenvalue weighted by Crippen LogP contribution is 2.51. The Labute approximate surface area is 436 Å². The van der Waals surface area contributed by atoms with Crippen LogP contribution < -0.4 is 20.9 Å². The van der Waals surface area contributed by atoms with E-state index in [1.807, 2.05) is 6.07 Å². The van der Waals surface area contributed by atoms with Gasteiger partial charge in [0.1, 0.15) is 48.8 Å². The van der Waals surface area contributed by atoms with Crippen LogP contribution in [0.2, 0.25) is 44.3 Å². The van der Waals surface area contributed by atoms with Crippen molar-refractivity contribution in [3.05, 3.63) is 45.5 Å². The van der Waals surface area contributed by atoms with Crippen LogP contribution in [0.4, 0.5) is 0 Å². The second-order valence-corrected chi connectivity index (χ2v) is 39.5. The van der Waals surface area contributed by atoms with Crippen molar-refractivity contribution in [3.8, 4) is 23.9 Å². The largest absolute Gasteiger partial charge is 0.478 e. The number of aliphatic hydroxyl groups is 1. The summed E-state index contributed by atoms with van der Waals surface area (Å²) in [6.45, 7) is 38.3. The summed E-state index contributed by atoms with van der Waals surface area (Å²) in [6, 6.07) is 7.28. The molecule has 0 amide bonds. The second kappa shape index (κ2) is 23.6. The molecule has 8 atom stereocenters. The van der Waals surface area contributed by atoms with E-state index in [0.29, 0.717) is 13.2 Å². The van der Waals surface area contributed by atoms with Gasteiger partial charge in [-0.3, -0.25) is 9.13 Å². The van der Waals surface area contributed by atoms with Gasteiger partial charge < -0.3 is 54.7 Å². The van der Waals surface area contributed by atoms with E-state index in [-0.39, 0.29) is 69.3 Å². The van der Waals surface area contributed by atoms with E-state index in [0.717, 1.165) is 4.57 Å². The minimum Gasteiger partial charge on any atom is -0.478 e. The molecule has 6 rings (SSSR count). The molecule has 2 aromatic rings. The highest BCUT2D eigenvalue weighted by molar-refractivity contribution is 6.84. The third-order valence-electron chi connectivity index (χ3n) is 14.9. The summed E-state index contributed by atoms with van der Waals surface area (Å²) >= 11 is 0. The summed E-state index contributed by atoms with van der Waals surface area (Å²) in [6.07, 6.45) is -2.63. The average Bonchev–Trinajstić information content (AvgIpc) is 3.74. The van der Waals surface area contributed by atoms with Crippen molar-refractivity contribution in [1.29, 1.82) is 10.5 Å². The number of fused-ring (bicyclic) bond motifs is 2. The summed E-state index contributed by atoms with van der Waals surface area (Å²) < 4.78 is 73.2. The normalized spacial score (nSPS) is 29.5. The minimum absolute atomic E-state index is 0.0309. The maximum Gasteiger partial charge on any atom is 0.354 e. The minimum atomic E-state index is -3.05. The van der Waals surface area contributed by atoms with Crippen LogP contribution in [-0.4, -0.2) is 129 Å². The van der Waals surface area contributed by atoms with E-state index in [9.17, 15) is 25.2 Å². The summed E-state index contributed by atoms with van der Waals surface area (Å²) in [5, 5.41) is 32.4. The first-order valence-electron chi connectivity index (χ1n) is 26.0. The van der Waals surface area contributed by atoms with Gasteiger partial charge in [0.15, 0.2) is 0 Å². The smallest absolute Gasteiger partial charge is 0.354 e. The van der Waals surface area contributed by atoms with Gasteiger partial charge in [0.05, 0.1) is 26.4 Å². The second-order valence-electron chi connectivity index (χ2n) is 21.8. The Bertz CT molecular complexity index is 2360. The van der Waals surface area contributed by atoms with Crippen LogP contribution in [0.5, 0.6) is 11.8 Å². The third kappa shape index (κ3) is 10.8. The fourth-order valence-corrected chi connectivity index (χ4v) is 33.5. The van der Waals surface area contributed by atoms with Gasteiger partial charge in [0.25, 0.3) is 11.4 Å². The van der Waals surface area contributed by atoms with Gasteiger partial charge in [-0.15, -0.1) is 0 Å². The standard InChI is InChI=1S/C25H43N3O7Si2.C24H41N3O7Si2/c1-11-31-21-12-13-28(24(29)27-21)25(15-26)23(30-10)22-20(33-25)14-32-36(16(2)3,17(4)5)35-37(34-22,18(6)7)19(8)9;1-10-30-20-11-12-27(23(29)26-20)24(14-25)22(28)21-19(32-24)13-31-35(15(2)3,16(4)5)34-36(33-21,17(6)7)18(8)9/h12-13,16-20,22-23H,11,14H2,1-10H3;11-12,15-19,21-22,28H,10,13H2,1-9H3/t20-,22-,23-,25-;19-,21-,22-,24-/m11/s1. The van der Waals surface area contributed by atoms with Crippen LogP contribution in [0, 0.1) is 22.7 Å². The number of aliphatic hydroxyl groups excluding tert-OH is 1. The monoisotopic (exact) mass is 1090 g/mol. The van der Waals surface area contributed by atoms with Gasteiger partial charge >= 0.3 is 45.6 Å². The quantitative estimate of drug-likeness (QED) is 0.168. The molecule has 4 aliphatic heterocycles. The summed E-state index contributed by atoms with van der Waals surface area (Å²) in [4.78, 5) is 33.9. The molecule has 0 saturated carbocycles. The van der Waals surface area contributed by atoms with Gasteiger partial charge in [0, 0.05) is 31.6 Å². The maximum absolute atomic E-state index is 13.1. The van der Waals surface area contributed by atoms with Gasteiger partial charge in [0.2, 0.25) is 11.8 Å². The fourth-order valence-electron chi connectivity index (χ4n) is 11.1. The lowest BCUT2D eigenvalue weighted by atomic mass is 10.0. The molecular formula is C49H84N6O14Si4. The lowest BCUT2D eigenvalue weighted by Crippen LogP contribution is -2.66. The van der Waals surface area contributed by atoms with Crippen molar-refractivity contribution in [1.82, 2.24) is 19.1 Å². The first-order chi connectivity index (χ1) is 34.2. The van der Waals surface area contributed by atoms with E-state index in [4.69, 9.17) is 49.6 Å². The Hall–Kier alpha value is -3.19. The van der Waals surface area contributed by atoms with Crippen molar-refractivity contribution in [2.45, 2.75) is 217 Å². The Morgan fingerprint density at radius 1 is 0.616 bits per heavy atom. The Morgan fingerprint density at radius 2 is 0.959 bits per heavy atom. The van der Waals surface area contributed by atoms with Gasteiger partial charge in [-0.2, -0.15) is 20.5 Å². The molecule has 0 bridgehead atoms. The van der Waals surface area contributed by atoms with Gasteiger partial charge in [-0.05, 0) is 58.2 Å². The third-order valence-corrected chi connectivity index (χ3v) is 35.4. The molecule has 410 valence electrons. The molecule has 4 fully saturated rings. The number of hydrogen-bond acceptors (Lipinski definition) is 18. The predicted molar refractivity (Wildman–Crippen MR) is 281 cm³/mol. The number of hydrogen-bond donors (Lipinski definition) is 1. The van der Waals surface area contributed by atoms with Crippen LogP contribution in [-0.2, 0) is 51.6 Å². The molecule has 4 aliphatic rings. The Morgan fingerprint density at radius 3 is 1.29 bits per heavy atom. The lowest BCUT2D eigenvalue weighted by Gasteiger charge is -2.51. The van der Waals surface area contributed by atoms with Crippen LogP contribution in [0.25, 0.3) is 0 Å². The number of methoxy groups -OCH3 is 1. The Balaban J connectivity index is 0.000000271. The molecule has 0 aliphatic carbocycles. The van der Waals surface area contributed by atoms with Gasteiger partial charge in [-0.25, -0.2) is 9.59 Å². The molecule has 73 heavy (non-hydrogen) atoms. The summed E-state index contributed by atoms with van der Waals surface area (Å²) in [5.74, 6) is 0.313. The van der Waals surface area contributed by atoms with Crippen LogP contribution in [0.15, 0.2) is 34.1 Å². The highest BCUT2D eigenvalue weighted by Gasteiger charge is 2.68. The molecule has 24 heteroatoms. The zero-order valence-corrected chi connectivity index (χ0v) is 50.7. The van der Waals surface area contributed by atoms with Crippen molar-refractivity contribution >= 4 is 34.2 Å². The number of nitrogens with zero attached hydrogens (tertiary/aromatic N) is 6. The average molecular weight is 1090 g/mol. The van der Waals surface area contributed by atoms with E-state index in [1.165, 1.54) is 36.2 Å². The van der Waals surface area contributed by atoms with E-state index in [1.54, 1.807) is 13.8 Å². The Kier molecular flexibility index (Phi) is 19.6. The molecule has 2 aromatic heterocycles. The highest BCUT2D eigenvalue weighted by atomic mass is 28.5. The molecule has 4 saturated heterocycles. The van der Waals surface area contributed by atoms with Crippen molar-refractivity contribution in [2.24, 2.45) is 0 Å². The molecule has 0 aromatic carbocycles. The molecule has 20 nitrogen and oxygen atoms in total. The van der Waals surface area contributed by atoms with Crippen LogP contribution >= 0.6 is 0 Å². The topological polar surface area (TPSA) is 239 Å². The first-order valence-corrected chi connectivity index (χ1v) is 33.9. The molecule has 0 radical (unpaired) electrons. The van der Waals surface area contributed by atoms with Gasteiger partial charge in [-0.1, -0.05) is 111 Å². The maximum atomic E-state index is 13.1. The van der Waals surface area contributed by atoms with Crippen molar-refractivity contribution in [3.63, 3.8) is 0 Å². The summed E-state index contributed by atoms with van der Waals surface area (Å²) in [7, 11) is -10.2. The predicted octanol–water partition coefficient (Wildman–Crippen LogP) is 7.72. The number of nitriles is 2. The summed E-state index contributed by atoms with van der Waals surface area (Å²) in [5.41, 5.74) is -4.46. The number of ether oxygens (including phenoxy) is 5. The lowest BCUT2D eigenvalue weighted by molar-refractivity contribution is -0.117. The number of aromatic nitrogens is 4. The van der Waals surface area contributed by atoms with Crippen LogP contribution in [0.3, 0.4) is 0 Å². The van der Waals surface area contributed by atoms with E-state index in [2.05, 4.69) is 127 Å². The van der Waals surface area contributed by atoms with Crippen LogP contribution in [0.1, 0.15) is 125 Å². The molecule has 0 unspecified atom stereocenters. The zero-order chi connectivity index (χ0) is 54.8. The molecular weight excluding hydrogens is 1010 g/mol. The molecule has 0 spiro atoms. The zero-order valence-electron chi connectivity index (χ0n) is 46.7. The first kappa shape index (κ1) is 60.7. The molecule has 6 heterocycles. The van der Waals surface area contributed by atoms with Crippen molar-refractivity contribution < 1.29 is 54.7 Å². The SMILES string of the molecule is CCOc1ccn([C@]2(C#N)O[C@@H]3CO[Si](C(C)C)(C(C)C)O[Si](C(C)C)(C(C)C)O[C@H]3[C@H]2O)c(=O)n1.CCOc1ccn([C@]2(C#N)O[C@@H]3CO[Si](C(C)C)(C(C)C)O[Si](C(C)C)(C(C)C)O[C@H]3[C@H]2OC)c(=O)n1. The molecule has 1 N–H and O–H groups in total. The van der Waals surface area contributed by atoms with E-state index >= 15 is 0 Å². The van der Waals surface area contributed by atoms with E-state index < -0.39 is 93.7 Å². The number of rotatable bonds is 15. The fraction of sp³-hybridized carbons (Fsp3) is 0.796.